The van der Waals surface area contributed by atoms with E-state index in [2.05, 4.69) is 21.3 Å². The van der Waals surface area contributed by atoms with E-state index in [0.29, 0.717) is 19.4 Å². The highest BCUT2D eigenvalue weighted by Crippen LogP contribution is 2.12. The molecule has 10 heteroatoms. The third kappa shape index (κ3) is 14.3. The summed E-state index contributed by atoms with van der Waals surface area (Å²) in [4.78, 5) is 48.3. The van der Waals surface area contributed by atoms with Gasteiger partial charge in [0.05, 0.1) is 6.61 Å². The molecule has 31 heavy (non-hydrogen) atoms. The molecule has 0 heterocycles. The topological polar surface area (TPSA) is 152 Å². The van der Waals surface area contributed by atoms with E-state index >= 15 is 0 Å². The van der Waals surface area contributed by atoms with Gasteiger partial charge in [0.2, 0.25) is 17.7 Å². The third-order valence-corrected chi connectivity index (χ3v) is 4.21. The predicted molar refractivity (Wildman–Crippen MR) is 119 cm³/mol. The van der Waals surface area contributed by atoms with Crippen LogP contribution in [-0.2, 0) is 19.1 Å². The van der Waals surface area contributed by atoms with Crippen LogP contribution in [0.4, 0.5) is 4.79 Å². The van der Waals surface area contributed by atoms with Gasteiger partial charge in [0.15, 0.2) is 0 Å². The first kappa shape index (κ1) is 28.6. The molecule has 0 spiro atoms. The maximum Gasteiger partial charge on any atom is 0.407 e. The molecule has 0 rings (SSSR count). The maximum absolute atomic E-state index is 12.5. The van der Waals surface area contributed by atoms with E-state index in [1.54, 1.807) is 6.92 Å². The van der Waals surface area contributed by atoms with Crippen molar-refractivity contribution in [2.45, 2.75) is 72.9 Å². The summed E-state index contributed by atoms with van der Waals surface area (Å²) in [6.07, 6.45) is 1.15. The van der Waals surface area contributed by atoms with Crippen LogP contribution in [0, 0.1) is 11.3 Å². The lowest BCUT2D eigenvalue weighted by Crippen LogP contribution is -2.54. The van der Waals surface area contributed by atoms with Gasteiger partial charge in [-0.2, -0.15) is 0 Å². The predicted octanol–water partition coefficient (Wildman–Crippen LogP) is 0.649. The molecule has 0 unspecified atom stereocenters. The van der Waals surface area contributed by atoms with Gasteiger partial charge in [-0.15, -0.1) is 0 Å². The van der Waals surface area contributed by atoms with Crippen molar-refractivity contribution in [3.63, 3.8) is 0 Å². The molecule has 0 saturated heterocycles. The van der Waals surface area contributed by atoms with Gasteiger partial charge in [-0.1, -0.05) is 34.6 Å². The van der Waals surface area contributed by atoms with Gasteiger partial charge in [-0.05, 0) is 37.6 Å². The normalized spacial score (nSPS) is 13.2. The summed E-state index contributed by atoms with van der Waals surface area (Å²) >= 11 is 0. The van der Waals surface area contributed by atoms with Crippen LogP contribution in [0.15, 0.2) is 0 Å². The number of nitrogens with two attached hydrogens (primary N) is 1. The Labute approximate surface area is 185 Å². The molecule has 180 valence electrons. The molecule has 10 nitrogen and oxygen atoms in total. The molecule has 0 aliphatic carbocycles. The molecule has 0 aromatic heterocycles. The molecule has 0 saturated carbocycles. The van der Waals surface area contributed by atoms with Crippen molar-refractivity contribution in [3.05, 3.63) is 0 Å². The van der Waals surface area contributed by atoms with Crippen LogP contribution >= 0.6 is 0 Å². The fourth-order valence-electron chi connectivity index (χ4n) is 2.42. The Bertz CT molecular complexity index is 589. The summed E-state index contributed by atoms with van der Waals surface area (Å²) in [6, 6.07) is -1.53. The van der Waals surface area contributed by atoms with Crippen LogP contribution in [-0.4, -0.2) is 62.1 Å². The monoisotopic (exact) mass is 443 g/mol. The number of nitrogens with one attached hydrogen (secondary N) is 4. The SMILES string of the molecule is CC(C)[C@H](NC(=O)CCCCN)C(=O)N[C@@H](C)C(=O)NCCNC(=O)OCC(C)(C)C. The lowest BCUT2D eigenvalue weighted by Gasteiger charge is -2.24. The smallest absolute Gasteiger partial charge is 0.407 e. The average Bonchev–Trinajstić information content (AvgIpc) is 2.66. The fourth-order valence-corrected chi connectivity index (χ4v) is 2.42. The first-order chi connectivity index (χ1) is 14.4. The first-order valence-corrected chi connectivity index (χ1v) is 10.9. The molecular formula is C21H41N5O5. The van der Waals surface area contributed by atoms with Gasteiger partial charge in [0.25, 0.3) is 0 Å². The zero-order valence-electron chi connectivity index (χ0n) is 19.8. The molecule has 0 aromatic rings. The third-order valence-electron chi connectivity index (χ3n) is 4.21. The Morgan fingerprint density at radius 3 is 2.06 bits per heavy atom. The molecule has 0 aliphatic heterocycles. The second kappa shape index (κ2) is 14.6. The Kier molecular flexibility index (Phi) is 13.5. The van der Waals surface area contributed by atoms with E-state index in [1.165, 1.54) is 0 Å². The van der Waals surface area contributed by atoms with E-state index in [1.807, 2.05) is 34.6 Å². The van der Waals surface area contributed by atoms with Crippen molar-refractivity contribution >= 4 is 23.8 Å². The van der Waals surface area contributed by atoms with Crippen molar-refractivity contribution in [3.8, 4) is 0 Å². The Morgan fingerprint density at radius 2 is 1.52 bits per heavy atom. The summed E-state index contributed by atoms with van der Waals surface area (Å²) in [5, 5.41) is 10.5. The first-order valence-electron chi connectivity index (χ1n) is 10.9. The van der Waals surface area contributed by atoms with Gasteiger partial charge < -0.3 is 31.7 Å². The van der Waals surface area contributed by atoms with Crippen LogP contribution in [0.5, 0.6) is 0 Å². The van der Waals surface area contributed by atoms with Crippen molar-refractivity contribution in [2.24, 2.45) is 17.1 Å². The van der Waals surface area contributed by atoms with Crippen LogP contribution in [0.25, 0.3) is 0 Å². The standard InChI is InChI=1S/C21H41N5O5/c1-14(2)17(26-16(27)9-7-8-10-22)19(29)25-15(3)18(28)23-11-12-24-20(30)31-13-21(4,5)6/h14-15,17H,7-13,22H2,1-6H3,(H,23,28)(H,24,30)(H,25,29)(H,26,27)/t15-,17-/m0/s1. The van der Waals surface area contributed by atoms with E-state index in [9.17, 15) is 19.2 Å². The van der Waals surface area contributed by atoms with E-state index in [4.69, 9.17) is 10.5 Å². The van der Waals surface area contributed by atoms with Gasteiger partial charge in [-0.3, -0.25) is 14.4 Å². The Hall–Kier alpha value is -2.36. The summed E-state index contributed by atoms with van der Waals surface area (Å²) in [5.74, 6) is -1.18. The number of rotatable bonds is 13. The van der Waals surface area contributed by atoms with Crippen LogP contribution < -0.4 is 27.0 Å². The minimum atomic E-state index is -0.796. The lowest BCUT2D eigenvalue weighted by molar-refractivity contribution is -0.132. The number of carbonyl (C=O) groups is 4. The van der Waals surface area contributed by atoms with Crippen LogP contribution in [0.1, 0.15) is 60.8 Å². The number of carbonyl (C=O) groups excluding carboxylic acids is 4. The summed E-state index contributed by atoms with van der Waals surface area (Å²) in [7, 11) is 0. The van der Waals surface area contributed by atoms with E-state index in [0.717, 1.165) is 6.42 Å². The van der Waals surface area contributed by atoms with Crippen molar-refractivity contribution < 1.29 is 23.9 Å². The Balaban J connectivity index is 4.35. The number of ether oxygens (including phenoxy) is 1. The Morgan fingerprint density at radius 1 is 0.903 bits per heavy atom. The zero-order chi connectivity index (χ0) is 24.0. The van der Waals surface area contributed by atoms with Gasteiger partial charge in [0.1, 0.15) is 12.1 Å². The van der Waals surface area contributed by atoms with Gasteiger partial charge in [0, 0.05) is 19.5 Å². The van der Waals surface area contributed by atoms with Gasteiger partial charge in [-0.25, -0.2) is 4.79 Å². The number of hydrogen-bond donors (Lipinski definition) is 5. The van der Waals surface area contributed by atoms with Crippen LogP contribution in [0.3, 0.4) is 0 Å². The maximum atomic E-state index is 12.5. The molecule has 0 radical (unpaired) electrons. The quantitative estimate of drug-likeness (QED) is 0.264. The molecule has 2 atom stereocenters. The number of unbranched alkanes of at least 4 members (excludes halogenated alkanes) is 1. The molecule has 4 amide bonds. The molecule has 0 aliphatic rings. The second-order valence-electron chi connectivity index (χ2n) is 9.12. The number of amides is 4. The highest BCUT2D eigenvalue weighted by atomic mass is 16.5. The minimum Gasteiger partial charge on any atom is -0.449 e. The summed E-state index contributed by atoms with van der Waals surface area (Å²) < 4.78 is 5.06. The van der Waals surface area contributed by atoms with Crippen molar-refractivity contribution in [1.29, 1.82) is 0 Å². The van der Waals surface area contributed by atoms with E-state index < -0.39 is 30.0 Å². The highest BCUT2D eigenvalue weighted by molar-refractivity contribution is 5.92. The van der Waals surface area contributed by atoms with Crippen LogP contribution in [0.2, 0.25) is 0 Å². The molecule has 0 aromatic carbocycles. The molecule has 6 N–H and O–H groups in total. The number of hydrogen-bond acceptors (Lipinski definition) is 6. The summed E-state index contributed by atoms with van der Waals surface area (Å²) in [5.41, 5.74) is 5.29. The zero-order valence-corrected chi connectivity index (χ0v) is 19.8. The largest absolute Gasteiger partial charge is 0.449 e. The molecule has 0 bridgehead atoms. The van der Waals surface area contributed by atoms with E-state index in [-0.39, 0.29) is 36.9 Å². The van der Waals surface area contributed by atoms with Gasteiger partial charge >= 0.3 is 6.09 Å². The number of alkyl carbamates (subject to hydrolysis) is 1. The minimum absolute atomic E-state index is 0.128. The molecule has 0 fully saturated rings. The lowest BCUT2D eigenvalue weighted by atomic mass is 9.99. The highest BCUT2D eigenvalue weighted by Gasteiger charge is 2.26. The molecular weight excluding hydrogens is 402 g/mol. The summed E-state index contributed by atoms with van der Waals surface area (Å²) in [6.45, 7) is 12.2. The average molecular weight is 444 g/mol. The second-order valence-corrected chi connectivity index (χ2v) is 9.12. The fraction of sp³-hybridized carbons (Fsp3) is 0.810. The van der Waals surface area contributed by atoms with Crippen molar-refractivity contribution in [1.82, 2.24) is 21.3 Å². The van der Waals surface area contributed by atoms with Crippen molar-refractivity contribution in [2.75, 3.05) is 26.2 Å².